The van der Waals surface area contributed by atoms with Gasteiger partial charge < -0.3 is 10.1 Å². The largest absolute Gasteiger partial charge is 0.375 e. The van der Waals surface area contributed by atoms with E-state index in [-0.39, 0.29) is 0 Å². The summed E-state index contributed by atoms with van der Waals surface area (Å²) < 4.78 is 5.70. The fraction of sp³-hybridized carbons (Fsp3) is 1.00. The second kappa shape index (κ2) is 2.51. The normalized spacial score (nSPS) is 44.7. The van der Waals surface area contributed by atoms with E-state index < -0.39 is 0 Å². The highest BCUT2D eigenvalue weighted by Crippen LogP contribution is 2.38. The van der Waals surface area contributed by atoms with Gasteiger partial charge in [-0.1, -0.05) is 0 Å². The Morgan fingerprint density at radius 2 is 2.40 bits per heavy atom. The fourth-order valence-corrected chi connectivity index (χ4v) is 2.22. The van der Waals surface area contributed by atoms with Crippen molar-refractivity contribution in [2.75, 3.05) is 13.6 Å². The van der Waals surface area contributed by atoms with Crippen LogP contribution in [-0.4, -0.2) is 25.8 Å². The number of hydrogen-bond donors (Lipinski definition) is 1. The van der Waals surface area contributed by atoms with E-state index in [4.69, 9.17) is 4.74 Å². The van der Waals surface area contributed by atoms with Gasteiger partial charge in [0.05, 0.1) is 12.2 Å². The van der Waals surface area contributed by atoms with E-state index in [0.29, 0.717) is 12.2 Å². The van der Waals surface area contributed by atoms with Gasteiger partial charge in [0.25, 0.3) is 0 Å². The highest BCUT2D eigenvalue weighted by atomic mass is 16.5. The van der Waals surface area contributed by atoms with Crippen molar-refractivity contribution in [2.24, 2.45) is 5.92 Å². The summed E-state index contributed by atoms with van der Waals surface area (Å²) in [7, 11) is 2.02. The molecule has 10 heavy (non-hydrogen) atoms. The first kappa shape index (κ1) is 6.62. The Hall–Kier alpha value is -0.0800. The van der Waals surface area contributed by atoms with Crippen molar-refractivity contribution in [1.82, 2.24) is 5.32 Å². The summed E-state index contributed by atoms with van der Waals surface area (Å²) >= 11 is 0. The van der Waals surface area contributed by atoms with Crippen LogP contribution in [0, 0.1) is 5.92 Å². The maximum Gasteiger partial charge on any atom is 0.0621 e. The smallest absolute Gasteiger partial charge is 0.0621 e. The number of fused-ring (bicyclic) bond motifs is 2. The molecule has 2 bridgehead atoms. The van der Waals surface area contributed by atoms with Gasteiger partial charge in [-0.25, -0.2) is 0 Å². The quantitative estimate of drug-likeness (QED) is 0.613. The Kier molecular flexibility index (Phi) is 1.66. The van der Waals surface area contributed by atoms with Crippen molar-refractivity contribution in [3.8, 4) is 0 Å². The van der Waals surface area contributed by atoms with Gasteiger partial charge in [-0.2, -0.15) is 0 Å². The summed E-state index contributed by atoms with van der Waals surface area (Å²) in [5.41, 5.74) is 0. The lowest BCUT2D eigenvalue weighted by atomic mass is 9.89. The molecule has 2 saturated heterocycles. The van der Waals surface area contributed by atoms with Crippen LogP contribution in [0.5, 0.6) is 0 Å². The van der Waals surface area contributed by atoms with Crippen molar-refractivity contribution < 1.29 is 4.74 Å². The van der Waals surface area contributed by atoms with Gasteiger partial charge in [0.2, 0.25) is 0 Å². The molecule has 2 fully saturated rings. The first-order valence-corrected chi connectivity index (χ1v) is 4.20. The van der Waals surface area contributed by atoms with Gasteiger partial charge >= 0.3 is 0 Å². The Morgan fingerprint density at radius 1 is 1.50 bits per heavy atom. The Balaban J connectivity index is 1.90. The van der Waals surface area contributed by atoms with Crippen molar-refractivity contribution >= 4 is 0 Å². The first-order valence-electron chi connectivity index (χ1n) is 4.20. The number of hydrogen-bond acceptors (Lipinski definition) is 2. The molecule has 3 unspecified atom stereocenters. The summed E-state index contributed by atoms with van der Waals surface area (Å²) in [6.07, 6.45) is 5.12. The van der Waals surface area contributed by atoms with Crippen molar-refractivity contribution in [1.29, 1.82) is 0 Å². The van der Waals surface area contributed by atoms with Gasteiger partial charge in [-0.3, -0.25) is 0 Å². The Morgan fingerprint density at radius 3 is 2.90 bits per heavy atom. The van der Waals surface area contributed by atoms with Crippen molar-refractivity contribution in [3.05, 3.63) is 0 Å². The lowest BCUT2D eigenvalue weighted by Crippen LogP contribution is -2.26. The molecule has 1 N–H and O–H groups in total. The van der Waals surface area contributed by atoms with E-state index in [1.165, 1.54) is 19.3 Å². The van der Waals surface area contributed by atoms with E-state index >= 15 is 0 Å². The number of ether oxygens (including phenoxy) is 1. The molecular weight excluding hydrogens is 126 g/mol. The third kappa shape index (κ3) is 0.956. The number of nitrogens with one attached hydrogen (secondary N) is 1. The molecule has 0 radical (unpaired) electrons. The topological polar surface area (TPSA) is 21.3 Å². The minimum atomic E-state index is 0.595. The second-order valence-electron chi connectivity index (χ2n) is 3.43. The van der Waals surface area contributed by atoms with Crippen molar-refractivity contribution in [3.63, 3.8) is 0 Å². The summed E-state index contributed by atoms with van der Waals surface area (Å²) in [4.78, 5) is 0. The van der Waals surface area contributed by atoms with Crippen molar-refractivity contribution in [2.45, 2.75) is 31.5 Å². The Bertz CT molecular complexity index is 126. The van der Waals surface area contributed by atoms with E-state index in [0.717, 1.165) is 12.5 Å². The van der Waals surface area contributed by atoms with Crippen LogP contribution in [0.4, 0.5) is 0 Å². The number of rotatable bonds is 2. The SMILES string of the molecule is CNCC1CC2CCC1O2. The summed E-state index contributed by atoms with van der Waals surface area (Å²) in [6, 6.07) is 0. The van der Waals surface area contributed by atoms with E-state index in [1.54, 1.807) is 0 Å². The molecule has 2 heterocycles. The third-order valence-electron chi connectivity index (χ3n) is 2.70. The average Bonchev–Trinajstić information content (AvgIpc) is 2.48. The molecule has 3 atom stereocenters. The molecule has 0 amide bonds. The minimum Gasteiger partial charge on any atom is -0.375 e. The van der Waals surface area contributed by atoms with Crippen LogP contribution in [0.1, 0.15) is 19.3 Å². The molecule has 2 aliphatic rings. The van der Waals surface area contributed by atoms with Gasteiger partial charge in [0, 0.05) is 12.5 Å². The van der Waals surface area contributed by atoms with Crippen LogP contribution in [0.2, 0.25) is 0 Å². The van der Waals surface area contributed by atoms with E-state index in [9.17, 15) is 0 Å². The third-order valence-corrected chi connectivity index (χ3v) is 2.70. The predicted octanol–water partition coefficient (Wildman–Crippen LogP) is 0.773. The molecular formula is C8H15NO. The predicted molar refractivity (Wildman–Crippen MR) is 39.9 cm³/mol. The zero-order valence-electron chi connectivity index (χ0n) is 6.47. The lowest BCUT2D eigenvalue weighted by Gasteiger charge is -2.17. The van der Waals surface area contributed by atoms with Crippen LogP contribution < -0.4 is 5.32 Å². The lowest BCUT2D eigenvalue weighted by molar-refractivity contribution is 0.0927. The van der Waals surface area contributed by atoms with Crippen LogP contribution in [0.25, 0.3) is 0 Å². The zero-order valence-corrected chi connectivity index (χ0v) is 6.47. The molecule has 0 aromatic carbocycles. The molecule has 0 spiro atoms. The molecule has 0 saturated carbocycles. The van der Waals surface area contributed by atoms with Crippen LogP contribution in [0.15, 0.2) is 0 Å². The monoisotopic (exact) mass is 141 g/mol. The molecule has 58 valence electrons. The summed E-state index contributed by atoms with van der Waals surface area (Å²) in [6.45, 7) is 1.14. The van der Waals surface area contributed by atoms with Gasteiger partial charge in [0.15, 0.2) is 0 Å². The molecule has 2 nitrogen and oxygen atoms in total. The highest BCUT2D eigenvalue weighted by Gasteiger charge is 2.39. The fourth-order valence-electron chi connectivity index (χ4n) is 2.22. The van der Waals surface area contributed by atoms with Gasteiger partial charge in [-0.15, -0.1) is 0 Å². The highest BCUT2D eigenvalue weighted by molar-refractivity contribution is 4.89. The van der Waals surface area contributed by atoms with Crippen LogP contribution in [-0.2, 0) is 4.74 Å². The van der Waals surface area contributed by atoms with Gasteiger partial charge in [0.1, 0.15) is 0 Å². The molecule has 2 aliphatic heterocycles. The zero-order chi connectivity index (χ0) is 6.97. The summed E-state index contributed by atoms with van der Waals surface area (Å²) in [5.74, 6) is 0.809. The Labute approximate surface area is 61.9 Å². The average molecular weight is 141 g/mol. The standard InChI is InChI=1S/C8H15NO/c1-9-5-6-4-7-2-3-8(6)10-7/h6-9H,2-5H2,1H3. The van der Waals surface area contributed by atoms with Crippen LogP contribution >= 0.6 is 0 Å². The molecule has 0 aromatic rings. The van der Waals surface area contributed by atoms with Gasteiger partial charge in [-0.05, 0) is 26.3 Å². The molecule has 0 aliphatic carbocycles. The summed E-state index contributed by atoms with van der Waals surface area (Å²) in [5, 5.41) is 3.21. The van der Waals surface area contributed by atoms with E-state index in [2.05, 4.69) is 5.32 Å². The maximum atomic E-state index is 5.70. The molecule has 0 aromatic heterocycles. The second-order valence-corrected chi connectivity index (χ2v) is 3.43. The minimum absolute atomic E-state index is 0.595. The molecule has 2 heteroatoms. The first-order chi connectivity index (χ1) is 4.90. The maximum absolute atomic E-state index is 5.70. The molecule has 2 rings (SSSR count). The van der Waals surface area contributed by atoms with E-state index in [1.807, 2.05) is 7.05 Å². The van der Waals surface area contributed by atoms with Crippen LogP contribution in [0.3, 0.4) is 0 Å².